The minimum absolute atomic E-state index is 0.127. The largest absolute Gasteiger partial charge is 0.490 e. The molecule has 1 aliphatic rings. The third-order valence-corrected chi connectivity index (χ3v) is 6.62. The number of carboxylic acids is 1. The second kappa shape index (κ2) is 12.1. The number of likely N-dealkylation sites (N-methyl/N-ethyl adjacent to an activating group) is 1. The summed E-state index contributed by atoms with van der Waals surface area (Å²) in [6.07, 6.45) is 1.77. The monoisotopic (exact) mass is 527 g/mol. The van der Waals surface area contributed by atoms with Gasteiger partial charge in [0.25, 0.3) is 5.91 Å². The zero-order valence-electron chi connectivity index (χ0n) is 20.9. The number of amides is 1. The lowest BCUT2D eigenvalue weighted by Crippen LogP contribution is -2.28. The van der Waals surface area contributed by atoms with Crippen LogP contribution in [0.5, 0.6) is 11.5 Å². The smallest absolute Gasteiger partial charge is 0.335 e. The SMILES string of the molecule is CCOc1cc(C=C2SC(=Nc3cccc(C(=O)O)c3)N(CC)C2=O)ccc1OCc1ccccc1C#N. The number of carboxylic acid groups (broad SMARTS) is 1. The van der Waals surface area contributed by atoms with Gasteiger partial charge in [-0.2, -0.15) is 5.26 Å². The van der Waals surface area contributed by atoms with Crippen molar-refractivity contribution in [1.82, 2.24) is 4.90 Å². The van der Waals surface area contributed by atoms with Gasteiger partial charge in [0.05, 0.1) is 34.4 Å². The number of ether oxygens (including phenoxy) is 2. The van der Waals surface area contributed by atoms with Gasteiger partial charge >= 0.3 is 5.97 Å². The lowest BCUT2D eigenvalue weighted by atomic mass is 10.1. The van der Waals surface area contributed by atoms with Gasteiger partial charge in [-0.05, 0) is 73.6 Å². The van der Waals surface area contributed by atoms with E-state index in [4.69, 9.17) is 9.47 Å². The first kappa shape index (κ1) is 26.5. The van der Waals surface area contributed by atoms with E-state index in [1.165, 1.54) is 23.9 Å². The molecule has 1 amide bonds. The maximum absolute atomic E-state index is 13.1. The maximum atomic E-state index is 13.1. The molecular formula is C29H25N3O5S. The number of carbonyl (C=O) groups excluding carboxylic acids is 1. The molecule has 192 valence electrons. The Balaban J connectivity index is 1.58. The molecule has 1 saturated heterocycles. The number of rotatable bonds is 9. The fraction of sp³-hybridized carbons (Fsp3) is 0.172. The number of thioether (sulfide) groups is 1. The van der Waals surface area contributed by atoms with Crippen molar-refractivity contribution in [3.05, 3.63) is 93.9 Å². The Morgan fingerprint density at radius 1 is 1.08 bits per heavy atom. The Morgan fingerprint density at radius 2 is 1.89 bits per heavy atom. The van der Waals surface area contributed by atoms with Crippen molar-refractivity contribution in [3.8, 4) is 17.6 Å². The predicted octanol–water partition coefficient (Wildman–Crippen LogP) is 5.86. The minimum atomic E-state index is -1.04. The number of aliphatic imine (C=N–C) groups is 1. The summed E-state index contributed by atoms with van der Waals surface area (Å²) < 4.78 is 11.8. The van der Waals surface area contributed by atoms with Crippen LogP contribution in [0.25, 0.3) is 6.08 Å². The maximum Gasteiger partial charge on any atom is 0.335 e. The van der Waals surface area contributed by atoms with Crippen molar-refractivity contribution >= 4 is 40.6 Å². The Bertz CT molecular complexity index is 1480. The molecule has 0 aromatic heterocycles. The molecule has 3 aromatic carbocycles. The van der Waals surface area contributed by atoms with Crippen molar-refractivity contribution in [2.45, 2.75) is 20.5 Å². The Labute approximate surface area is 224 Å². The van der Waals surface area contributed by atoms with Gasteiger partial charge in [0.15, 0.2) is 16.7 Å². The summed E-state index contributed by atoms with van der Waals surface area (Å²) in [4.78, 5) is 31.0. The number of amidine groups is 1. The summed E-state index contributed by atoms with van der Waals surface area (Å²) in [5, 5.41) is 19.0. The average molecular weight is 528 g/mol. The number of hydrogen-bond donors (Lipinski definition) is 1. The summed E-state index contributed by atoms with van der Waals surface area (Å²) in [7, 11) is 0. The van der Waals surface area contributed by atoms with Gasteiger partial charge in [0.1, 0.15) is 6.61 Å². The fourth-order valence-electron chi connectivity index (χ4n) is 3.75. The summed E-state index contributed by atoms with van der Waals surface area (Å²) in [6, 6.07) is 21.1. The van der Waals surface area contributed by atoms with E-state index < -0.39 is 5.97 Å². The van der Waals surface area contributed by atoms with Gasteiger partial charge < -0.3 is 14.6 Å². The topological polar surface area (TPSA) is 112 Å². The van der Waals surface area contributed by atoms with Crippen LogP contribution >= 0.6 is 11.8 Å². The second-order valence-electron chi connectivity index (χ2n) is 8.11. The molecule has 0 spiro atoms. The number of benzene rings is 3. The van der Waals surface area contributed by atoms with E-state index in [-0.39, 0.29) is 18.1 Å². The summed E-state index contributed by atoms with van der Waals surface area (Å²) in [5.74, 6) is -0.166. The molecule has 0 saturated carbocycles. The van der Waals surface area contributed by atoms with Gasteiger partial charge in [0, 0.05) is 12.1 Å². The van der Waals surface area contributed by atoms with Crippen LogP contribution in [0, 0.1) is 11.3 Å². The van der Waals surface area contributed by atoms with Gasteiger partial charge in [-0.3, -0.25) is 9.69 Å². The molecule has 1 heterocycles. The molecule has 1 N–H and O–H groups in total. The highest BCUT2D eigenvalue weighted by Gasteiger charge is 2.32. The van der Waals surface area contributed by atoms with Gasteiger partial charge in [-0.15, -0.1) is 0 Å². The van der Waals surface area contributed by atoms with Crippen LogP contribution in [0.3, 0.4) is 0 Å². The third-order valence-electron chi connectivity index (χ3n) is 5.61. The predicted molar refractivity (Wildman–Crippen MR) is 147 cm³/mol. The van der Waals surface area contributed by atoms with E-state index in [1.54, 1.807) is 47.4 Å². The zero-order chi connectivity index (χ0) is 27.1. The van der Waals surface area contributed by atoms with Crippen LogP contribution in [-0.4, -0.2) is 40.2 Å². The number of nitrogens with zero attached hydrogens (tertiary/aromatic N) is 3. The molecule has 38 heavy (non-hydrogen) atoms. The molecule has 9 heteroatoms. The van der Waals surface area contributed by atoms with Crippen molar-refractivity contribution < 1.29 is 24.2 Å². The quantitative estimate of drug-likeness (QED) is 0.347. The molecule has 1 aliphatic heterocycles. The van der Waals surface area contributed by atoms with Crippen LogP contribution in [-0.2, 0) is 11.4 Å². The molecule has 3 aromatic rings. The minimum Gasteiger partial charge on any atom is -0.490 e. The van der Waals surface area contributed by atoms with Crippen LogP contribution in [0.4, 0.5) is 5.69 Å². The molecule has 1 fully saturated rings. The number of hydrogen-bond acceptors (Lipinski definition) is 7. The molecule has 4 rings (SSSR count). The second-order valence-corrected chi connectivity index (χ2v) is 9.12. The highest BCUT2D eigenvalue weighted by molar-refractivity contribution is 8.18. The molecular weight excluding hydrogens is 502 g/mol. The van der Waals surface area contributed by atoms with Crippen LogP contribution in [0.1, 0.15) is 40.9 Å². The van der Waals surface area contributed by atoms with Crippen molar-refractivity contribution in [2.24, 2.45) is 4.99 Å². The van der Waals surface area contributed by atoms with E-state index >= 15 is 0 Å². The van der Waals surface area contributed by atoms with Crippen molar-refractivity contribution in [1.29, 1.82) is 5.26 Å². The van der Waals surface area contributed by atoms with Gasteiger partial charge in [-0.25, -0.2) is 9.79 Å². The zero-order valence-corrected chi connectivity index (χ0v) is 21.7. The molecule has 0 unspecified atom stereocenters. The van der Waals surface area contributed by atoms with E-state index in [9.17, 15) is 20.0 Å². The Morgan fingerprint density at radius 3 is 2.63 bits per heavy atom. The first-order valence-corrected chi connectivity index (χ1v) is 12.8. The van der Waals surface area contributed by atoms with Gasteiger partial charge in [-0.1, -0.05) is 30.3 Å². The first-order valence-electron chi connectivity index (χ1n) is 11.9. The van der Waals surface area contributed by atoms with Crippen molar-refractivity contribution in [2.75, 3.05) is 13.2 Å². The third kappa shape index (κ3) is 6.05. The van der Waals surface area contributed by atoms with E-state index in [2.05, 4.69) is 11.1 Å². The number of carbonyl (C=O) groups is 2. The summed E-state index contributed by atoms with van der Waals surface area (Å²) in [5.41, 5.74) is 2.66. The molecule has 0 radical (unpaired) electrons. The lowest BCUT2D eigenvalue weighted by molar-refractivity contribution is -0.122. The van der Waals surface area contributed by atoms with E-state index in [0.717, 1.165) is 11.1 Å². The highest BCUT2D eigenvalue weighted by Crippen LogP contribution is 2.36. The van der Waals surface area contributed by atoms with Crippen molar-refractivity contribution in [3.63, 3.8) is 0 Å². The van der Waals surface area contributed by atoms with Crippen LogP contribution < -0.4 is 9.47 Å². The number of nitriles is 1. The molecule has 0 atom stereocenters. The summed E-state index contributed by atoms with van der Waals surface area (Å²) in [6.45, 7) is 4.79. The van der Waals surface area contributed by atoms with E-state index in [0.29, 0.717) is 46.0 Å². The molecule has 0 bridgehead atoms. The highest BCUT2D eigenvalue weighted by atomic mass is 32.2. The van der Waals surface area contributed by atoms with Crippen LogP contribution in [0.2, 0.25) is 0 Å². The standard InChI is InChI=1S/C29H25N3O5S/c1-3-32-27(33)26(38-29(32)31-23-11-7-10-20(16-23)28(34)35)15-19-12-13-24(25(14-19)36-4-2)37-18-22-9-6-5-8-21(22)17-30/h5-16H,3-4,18H2,1-2H3,(H,34,35). The van der Waals surface area contributed by atoms with Gasteiger partial charge in [0.2, 0.25) is 0 Å². The normalized spacial score (nSPS) is 15.1. The Kier molecular flexibility index (Phi) is 8.46. The average Bonchev–Trinajstić information content (AvgIpc) is 3.21. The van der Waals surface area contributed by atoms with Crippen LogP contribution in [0.15, 0.2) is 76.6 Å². The first-order chi connectivity index (χ1) is 18.4. The Hall–Kier alpha value is -4.55. The summed E-state index contributed by atoms with van der Waals surface area (Å²) >= 11 is 1.23. The molecule has 8 nitrogen and oxygen atoms in total. The number of aromatic carboxylic acids is 1. The fourth-order valence-corrected chi connectivity index (χ4v) is 4.82. The lowest BCUT2D eigenvalue weighted by Gasteiger charge is -2.13. The van der Waals surface area contributed by atoms with E-state index in [1.807, 2.05) is 32.0 Å². The molecule has 0 aliphatic carbocycles.